The summed E-state index contributed by atoms with van der Waals surface area (Å²) in [7, 11) is 2.00. The van der Waals surface area contributed by atoms with Crippen molar-refractivity contribution >= 4 is 11.3 Å². The highest BCUT2D eigenvalue weighted by Gasteiger charge is 2.20. The molecular weight excluding hydrogens is 314 g/mol. The van der Waals surface area contributed by atoms with Crippen LogP contribution in [-0.2, 0) is 7.05 Å². The predicted octanol–water partition coefficient (Wildman–Crippen LogP) is 4.01. The van der Waals surface area contributed by atoms with Crippen molar-refractivity contribution in [1.29, 1.82) is 0 Å². The van der Waals surface area contributed by atoms with Crippen LogP contribution in [0.3, 0.4) is 0 Å². The van der Waals surface area contributed by atoms with Gasteiger partial charge in [0.2, 0.25) is 0 Å². The van der Waals surface area contributed by atoms with Gasteiger partial charge in [-0.15, -0.1) is 0 Å². The van der Waals surface area contributed by atoms with E-state index in [0.717, 1.165) is 27.9 Å². The number of imidazole rings is 1. The number of nitro benzene ring substituents is 1. The summed E-state index contributed by atoms with van der Waals surface area (Å²) < 4.78 is 4.12. The van der Waals surface area contributed by atoms with E-state index < -0.39 is 0 Å². The fraction of sp³-hybridized carbons (Fsp3) is 0.0500. The van der Waals surface area contributed by atoms with E-state index >= 15 is 0 Å². The summed E-state index contributed by atoms with van der Waals surface area (Å²) >= 11 is 0. The molecule has 0 N–H and O–H groups in total. The number of aromatic nitrogens is 2. The Balaban J connectivity index is 2.02. The summed E-state index contributed by atoms with van der Waals surface area (Å²) in [5.41, 5.74) is 5.34. The first kappa shape index (κ1) is 15.1. The smallest absolute Gasteiger partial charge is 0.258 e. The zero-order valence-electron chi connectivity index (χ0n) is 13.7. The molecule has 0 aliphatic rings. The van der Waals surface area contributed by atoms with Crippen molar-refractivity contribution in [3.63, 3.8) is 0 Å². The number of nitrogens with zero attached hydrogens (tertiary/aromatic N) is 3. The van der Waals surface area contributed by atoms with Crippen LogP contribution < -0.4 is 4.57 Å². The summed E-state index contributed by atoms with van der Waals surface area (Å²) in [6.07, 6.45) is 6.03. The molecule has 0 fully saturated rings. The molecule has 0 spiro atoms. The van der Waals surface area contributed by atoms with E-state index in [1.807, 2.05) is 56.0 Å². The van der Waals surface area contributed by atoms with Gasteiger partial charge in [0.1, 0.15) is 12.4 Å². The number of aryl methyl sites for hydroxylation is 1. The number of pyridine rings is 1. The van der Waals surface area contributed by atoms with Crippen molar-refractivity contribution in [2.24, 2.45) is 7.05 Å². The van der Waals surface area contributed by atoms with Gasteiger partial charge in [-0.2, -0.15) is 0 Å². The molecule has 0 amide bonds. The number of hydrogen-bond donors (Lipinski definition) is 0. The highest BCUT2D eigenvalue weighted by atomic mass is 16.6. The third kappa shape index (κ3) is 2.55. The zero-order valence-corrected chi connectivity index (χ0v) is 13.7. The van der Waals surface area contributed by atoms with Crippen molar-refractivity contribution in [1.82, 2.24) is 4.40 Å². The molecule has 0 atom stereocenters. The summed E-state index contributed by atoms with van der Waals surface area (Å²) in [6, 6.07) is 19.0. The minimum Gasteiger partial charge on any atom is -0.258 e. The van der Waals surface area contributed by atoms with Crippen molar-refractivity contribution in [2.75, 3.05) is 0 Å². The first-order chi connectivity index (χ1) is 12.1. The summed E-state index contributed by atoms with van der Waals surface area (Å²) in [6.45, 7) is 0. The summed E-state index contributed by atoms with van der Waals surface area (Å²) in [5.74, 6) is 0. The first-order valence-corrected chi connectivity index (χ1v) is 7.95. The van der Waals surface area contributed by atoms with Crippen molar-refractivity contribution in [3.05, 3.63) is 89.4 Å². The lowest BCUT2D eigenvalue weighted by molar-refractivity contribution is -0.644. The van der Waals surface area contributed by atoms with E-state index in [0.29, 0.717) is 0 Å². The van der Waals surface area contributed by atoms with E-state index in [9.17, 15) is 10.1 Å². The first-order valence-electron chi connectivity index (χ1n) is 7.95. The lowest BCUT2D eigenvalue weighted by atomic mass is 9.95. The monoisotopic (exact) mass is 330 g/mol. The van der Waals surface area contributed by atoms with E-state index in [2.05, 4.69) is 27.2 Å². The molecule has 2 aromatic carbocycles. The van der Waals surface area contributed by atoms with E-state index in [-0.39, 0.29) is 10.6 Å². The molecular formula is C20H16N3O2+. The molecule has 0 bridgehead atoms. The second-order valence-corrected chi connectivity index (χ2v) is 5.91. The lowest BCUT2D eigenvalue weighted by Gasteiger charge is -2.10. The van der Waals surface area contributed by atoms with Crippen LogP contribution in [0.4, 0.5) is 5.69 Å². The van der Waals surface area contributed by atoms with Crippen LogP contribution in [0.1, 0.15) is 0 Å². The van der Waals surface area contributed by atoms with Crippen LogP contribution >= 0.6 is 0 Å². The Hall–Kier alpha value is -3.47. The molecule has 0 unspecified atom stereocenters. The maximum atomic E-state index is 11.0. The molecule has 2 heterocycles. The molecule has 5 nitrogen and oxygen atoms in total. The minimum absolute atomic E-state index is 0.0942. The third-order valence-electron chi connectivity index (χ3n) is 4.38. The van der Waals surface area contributed by atoms with Crippen LogP contribution in [0.25, 0.3) is 27.9 Å². The molecule has 5 heteroatoms. The number of hydrogen-bond acceptors (Lipinski definition) is 2. The Kier molecular flexibility index (Phi) is 3.54. The second kappa shape index (κ2) is 5.87. The van der Waals surface area contributed by atoms with Gasteiger partial charge in [-0.1, -0.05) is 30.3 Å². The SMILES string of the molecule is C[n+]1ccn2ccc(-c3ccccc3)c(-c3ccc([N+](=O)[O-])cc3)c21. The quantitative estimate of drug-likeness (QED) is 0.324. The van der Waals surface area contributed by atoms with Crippen LogP contribution in [0.2, 0.25) is 0 Å². The second-order valence-electron chi connectivity index (χ2n) is 5.91. The average molecular weight is 330 g/mol. The lowest BCUT2D eigenvalue weighted by Crippen LogP contribution is -2.26. The molecule has 0 saturated carbocycles. The van der Waals surface area contributed by atoms with Gasteiger partial charge < -0.3 is 0 Å². The number of benzene rings is 2. The fourth-order valence-electron chi connectivity index (χ4n) is 3.17. The minimum atomic E-state index is -0.375. The van der Waals surface area contributed by atoms with Crippen LogP contribution in [0.5, 0.6) is 0 Å². The Labute approximate surface area is 144 Å². The molecule has 4 aromatic rings. The summed E-state index contributed by atoms with van der Waals surface area (Å²) in [4.78, 5) is 10.6. The third-order valence-corrected chi connectivity index (χ3v) is 4.38. The van der Waals surface area contributed by atoms with Crippen LogP contribution in [0.15, 0.2) is 79.3 Å². The molecule has 122 valence electrons. The van der Waals surface area contributed by atoms with Crippen LogP contribution in [0, 0.1) is 10.1 Å². The molecule has 0 saturated heterocycles. The molecule has 2 aromatic heterocycles. The number of non-ortho nitro benzene ring substituents is 1. The fourth-order valence-corrected chi connectivity index (χ4v) is 3.17. The zero-order chi connectivity index (χ0) is 17.4. The maximum Gasteiger partial charge on any atom is 0.294 e. The standard InChI is InChI=1S/C20H16N3O2/c1-21-13-14-22-12-11-18(15-5-3-2-4-6-15)19(20(21)22)16-7-9-17(10-8-16)23(24)25/h2-14H,1H3/q+1. The van der Waals surface area contributed by atoms with Gasteiger partial charge in [-0.3, -0.25) is 10.1 Å². The Bertz CT molecular complexity index is 1070. The average Bonchev–Trinajstić information content (AvgIpc) is 3.03. The van der Waals surface area contributed by atoms with Crippen LogP contribution in [-0.4, -0.2) is 9.32 Å². The normalized spacial score (nSPS) is 10.9. The number of fused-ring (bicyclic) bond motifs is 1. The van der Waals surface area contributed by atoms with Gasteiger partial charge in [-0.05, 0) is 29.3 Å². The van der Waals surface area contributed by atoms with Crippen molar-refractivity contribution in [2.45, 2.75) is 0 Å². The van der Waals surface area contributed by atoms with E-state index in [4.69, 9.17) is 0 Å². The van der Waals surface area contributed by atoms with Gasteiger partial charge in [0, 0.05) is 17.7 Å². The molecule has 0 aliphatic carbocycles. The highest BCUT2D eigenvalue weighted by Crippen LogP contribution is 2.35. The molecule has 4 rings (SSSR count). The van der Waals surface area contributed by atoms with E-state index in [1.54, 1.807) is 12.1 Å². The van der Waals surface area contributed by atoms with Gasteiger partial charge in [-0.25, -0.2) is 8.97 Å². The van der Waals surface area contributed by atoms with E-state index in [1.165, 1.54) is 0 Å². The Morgan fingerprint density at radius 3 is 2.32 bits per heavy atom. The number of rotatable bonds is 3. The molecule has 25 heavy (non-hydrogen) atoms. The van der Waals surface area contributed by atoms with Gasteiger partial charge >= 0.3 is 0 Å². The highest BCUT2D eigenvalue weighted by molar-refractivity contribution is 5.90. The topological polar surface area (TPSA) is 51.4 Å². The van der Waals surface area contributed by atoms with Gasteiger partial charge in [0.05, 0.1) is 23.7 Å². The predicted molar refractivity (Wildman–Crippen MR) is 96.1 cm³/mol. The molecule has 0 radical (unpaired) electrons. The van der Waals surface area contributed by atoms with Crippen molar-refractivity contribution in [3.8, 4) is 22.3 Å². The van der Waals surface area contributed by atoms with Gasteiger partial charge in [0.25, 0.3) is 11.3 Å². The molecule has 0 aliphatic heterocycles. The largest absolute Gasteiger partial charge is 0.294 e. The maximum absolute atomic E-state index is 11.0. The summed E-state index contributed by atoms with van der Waals surface area (Å²) in [5, 5.41) is 11.0. The Morgan fingerprint density at radius 1 is 0.920 bits per heavy atom. The number of nitro groups is 1. The van der Waals surface area contributed by atoms with Gasteiger partial charge in [0.15, 0.2) is 0 Å². The van der Waals surface area contributed by atoms with Crippen molar-refractivity contribution < 1.29 is 9.49 Å². The Morgan fingerprint density at radius 2 is 1.64 bits per heavy atom.